The van der Waals surface area contributed by atoms with Crippen LogP contribution < -0.4 is 86.3 Å². The van der Waals surface area contributed by atoms with E-state index in [0.29, 0.717) is 45.2 Å². The van der Waals surface area contributed by atoms with Crippen LogP contribution >= 0.6 is 33.3 Å². The molecule has 123 heavy (non-hydrogen) atoms. The van der Waals surface area contributed by atoms with Crippen molar-refractivity contribution in [2.45, 2.75) is 87.2 Å². The average molecular weight is 1800 g/mol. The number of aliphatic carboxylic acids is 1. The zero-order chi connectivity index (χ0) is 89.3. The molecule has 2 aromatic rings. The summed E-state index contributed by atoms with van der Waals surface area (Å²) < 4.78 is 59.2. The minimum Gasteiger partial charge on any atom is -0.481 e. The number of carbonyl (C=O) groups excluding carboxylic acids is 14. The summed E-state index contributed by atoms with van der Waals surface area (Å²) in [4.78, 5) is 208. The molecule has 20 N–H and O–H groups in total. The van der Waals surface area contributed by atoms with Gasteiger partial charge in [0.15, 0.2) is 12.7 Å². The molecule has 48 heteroatoms. The standard InChI is InChI=1S/C75H116N18O27S3/c76-60(94)42-118-43-63(97)81-18-22-110-26-30-114-32-28-112-24-20-83-68(103)57-46-121-49-65(99)87-54(14-7-8-16-80-62(96)44-119-45-64(98)82-19-23-111-27-31-115-34-36-117-37-35-116-33-29-113-25-21-85-75(109)120-50-79-40-52-12-5-2-6-13-52)69(104)92-58-47-122-123-48-59(73(108)90-55(70(105)91-57)38-51-10-3-1-4-11-51)93-71(106)56(39-66(100)101)88-61(95)41-86-67(102)53(89-72(58)107)15-9-17-84-74(77)78/h1-6,10-13,40,53-59H,7-9,14-39,41-50H2,(H2,76,94)(H,80,96)(H,81,97)(H,82,98)(H,83,103)(H,85,109)(H,86,102)(H,87,99)(H,88,95)(H,89,107)(H,90,108)(H,91,105)(H,92,104)(H,93,106)(H,100,101)(H4,77,78,84)/t53-,54-,55-,56-,57-,58-,59-/m0/s1. The van der Waals surface area contributed by atoms with Gasteiger partial charge < -0.3 is 144 Å². The molecule has 0 radical (unpaired) electrons. The first-order chi connectivity index (χ1) is 59.4. The summed E-state index contributed by atoms with van der Waals surface area (Å²) in [5.41, 5.74) is 17.5. The van der Waals surface area contributed by atoms with Gasteiger partial charge in [-0.05, 0) is 43.2 Å². The quantitative estimate of drug-likeness (QED) is 0.0127. The molecule has 2 aliphatic rings. The van der Waals surface area contributed by atoms with Crippen LogP contribution in [0.5, 0.6) is 0 Å². The van der Waals surface area contributed by atoms with Gasteiger partial charge in [-0.1, -0.05) is 82.3 Å². The number of amides is 14. The van der Waals surface area contributed by atoms with E-state index in [2.05, 4.69) is 79.1 Å². The van der Waals surface area contributed by atoms with Crippen molar-refractivity contribution in [3.05, 3.63) is 71.8 Å². The van der Waals surface area contributed by atoms with Crippen LogP contribution in [-0.2, 0) is 126 Å². The zero-order valence-corrected chi connectivity index (χ0v) is 70.8. The Hall–Kier alpha value is -10.1. The number of ether oxygens (including phenoxy) is 11. The van der Waals surface area contributed by atoms with Gasteiger partial charge in [0.25, 0.3) is 0 Å². The number of thioether (sulfide) groups is 1. The summed E-state index contributed by atoms with van der Waals surface area (Å²) in [6, 6.07) is 6.93. The number of nitrogens with zero attached hydrogens (tertiary/aromatic N) is 2. The minimum absolute atomic E-state index is 0.0199. The van der Waals surface area contributed by atoms with Gasteiger partial charge in [-0.15, -0.1) is 11.8 Å². The Morgan fingerprint density at radius 3 is 1.44 bits per heavy atom. The molecule has 4 rings (SSSR count). The first-order valence-electron chi connectivity index (χ1n) is 39.6. The summed E-state index contributed by atoms with van der Waals surface area (Å²) in [6.45, 7) is 1.36. The number of hydrogen-bond donors (Lipinski definition) is 17. The van der Waals surface area contributed by atoms with Crippen molar-refractivity contribution in [1.29, 1.82) is 0 Å². The fourth-order valence-electron chi connectivity index (χ4n) is 10.5. The lowest BCUT2D eigenvalue weighted by molar-refractivity contribution is -0.141. The Bertz CT molecular complexity index is 3610. The SMILES string of the molecule is NC(=O)COCC(=O)NCCOCCOCCOCCNC(=O)[C@@H]1CSCC(=O)N[C@@H](CCCCNC(=O)COCC(=O)NCCOCCOCCOCCOCCOCCNC(=O)OCN=Cc2ccccc2)C(=O)N[C@H]2CSSC[C@H](NC(=O)[C@H](CC(=O)O)NC(=O)CNC(=O)[C@H](CCCN=C(N)N)NC2=O)C(=O)N[C@@H](Cc2ccccc2)C(=O)N1. The smallest absolute Gasteiger partial charge is 0.409 e. The minimum atomic E-state index is -1.85. The van der Waals surface area contributed by atoms with E-state index >= 15 is 0 Å². The molecule has 45 nitrogen and oxygen atoms in total. The maximum atomic E-state index is 14.7. The number of aliphatic imine (C=N–C) groups is 2. The van der Waals surface area contributed by atoms with E-state index < -0.39 is 170 Å². The van der Waals surface area contributed by atoms with Gasteiger partial charge in [0.1, 0.15) is 68.7 Å². The Labute approximate surface area is 723 Å². The summed E-state index contributed by atoms with van der Waals surface area (Å²) in [5.74, 6) is -14.0. The van der Waals surface area contributed by atoms with E-state index in [1.54, 1.807) is 36.5 Å². The van der Waals surface area contributed by atoms with Crippen LogP contribution in [0.4, 0.5) is 4.79 Å². The lowest BCUT2D eigenvalue weighted by Gasteiger charge is -2.27. The van der Waals surface area contributed by atoms with Crippen LogP contribution in [0.3, 0.4) is 0 Å². The molecular weight excluding hydrogens is 1680 g/mol. The number of carboxylic acid groups (broad SMARTS) is 1. The largest absolute Gasteiger partial charge is 0.481 e. The summed E-state index contributed by atoms with van der Waals surface area (Å²) in [5, 5.41) is 43.4. The maximum absolute atomic E-state index is 14.7. The monoisotopic (exact) mass is 1800 g/mol. The Morgan fingerprint density at radius 2 is 0.911 bits per heavy atom. The van der Waals surface area contributed by atoms with E-state index in [0.717, 1.165) is 38.9 Å². The first kappa shape index (κ1) is 105. The fourth-order valence-corrected chi connectivity index (χ4v) is 13.7. The summed E-state index contributed by atoms with van der Waals surface area (Å²) in [7, 11) is 1.78. The van der Waals surface area contributed by atoms with Crippen LogP contribution in [-0.4, -0.2) is 356 Å². The number of alkyl carbamates (subject to hydrolysis) is 1. The number of nitrogens with one attached hydrogen (secondary N) is 13. The van der Waals surface area contributed by atoms with Crippen molar-refractivity contribution in [1.82, 2.24) is 69.1 Å². The molecular formula is C75H116N18O27S3. The highest BCUT2D eigenvalue weighted by molar-refractivity contribution is 8.76. The predicted octanol–water partition coefficient (Wildman–Crippen LogP) is -6.50. The molecule has 2 bridgehead atoms. The molecule has 2 fully saturated rings. The number of hydrogen-bond acceptors (Lipinski definition) is 31. The van der Waals surface area contributed by atoms with Gasteiger partial charge in [-0.3, -0.25) is 77.1 Å². The van der Waals surface area contributed by atoms with Crippen LogP contribution in [0.15, 0.2) is 70.6 Å². The van der Waals surface area contributed by atoms with E-state index in [1.165, 1.54) is 0 Å². The summed E-state index contributed by atoms with van der Waals surface area (Å²) in [6.07, 6.45) is -0.0289. The fraction of sp³-hybridized carbons (Fsp3) is 0.613. The first-order valence-corrected chi connectivity index (χ1v) is 43.2. The number of carbonyl (C=O) groups is 15. The van der Waals surface area contributed by atoms with Crippen molar-refractivity contribution in [2.24, 2.45) is 27.2 Å². The number of fused-ring (bicyclic) bond motifs is 5. The normalized spacial score (nSPS) is 18.5. The third kappa shape index (κ3) is 52.8. The average Bonchev–Trinajstić information content (AvgIpc) is 1.44. The number of guanidine groups is 1. The molecule has 2 heterocycles. The maximum Gasteiger partial charge on any atom is 0.409 e. The number of benzene rings is 2. The predicted molar refractivity (Wildman–Crippen MR) is 448 cm³/mol. The lowest BCUT2D eigenvalue weighted by atomic mass is 10.0. The summed E-state index contributed by atoms with van der Waals surface area (Å²) >= 11 is 0.867. The molecule has 2 aliphatic heterocycles. The lowest BCUT2D eigenvalue weighted by Crippen LogP contribution is -2.60. The highest BCUT2D eigenvalue weighted by Crippen LogP contribution is 2.24. The molecule has 2 saturated heterocycles. The molecule has 0 spiro atoms. The molecule has 0 unspecified atom stereocenters. The highest BCUT2D eigenvalue weighted by Gasteiger charge is 2.36. The van der Waals surface area contributed by atoms with Crippen molar-refractivity contribution < 1.29 is 129 Å². The number of primary amides is 1. The number of carboxylic acids is 1. The molecule has 686 valence electrons. The Morgan fingerprint density at radius 1 is 0.455 bits per heavy atom. The van der Waals surface area contributed by atoms with Crippen LogP contribution in [0.1, 0.15) is 49.7 Å². The van der Waals surface area contributed by atoms with E-state index in [1.807, 2.05) is 30.3 Å². The van der Waals surface area contributed by atoms with Gasteiger partial charge in [0.05, 0.1) is 124 Å². The van der Waals surface area contributed by atoms with Gasteiger partial charge in [-0.25, -0.2) is 4.79 Å². The van der Waals surface area contributed by atoms with Crippen LogP contribution in [0.2, 0.25) is 0 Å². The van der Waals surface area contributed by atoms with Gasteiger partial charge in [0, 0.05) is 69.2 Å². The molecule has 0 saturated carbocycles. The molecule has 2 aromatic carbocycles. The van der Waals surface area contributed by atoms with Crippen LogP contribution in [0, 0.1) is 0 Å². The number of nitrogens with two attached hydrogens (primary N) is 3. The number of rotatable bonds is 55. The van der Waals surface area contributed by atoms with E-state index in [-0.39, 0.29) is 180 Å². The number of unbranched alkanes of at least 4 members (excludes halogenated alkanes) is 1. The van der Waals surface area contributed by atoms with Crippen molar-refractivity contribution in [3.63, 3.8) is 0 Å². The van der Waals surface area contributed by atoms with Gasteiger partial charge in [0.2, 0.25) is 76.8 Å². The van der Waals surface area contributed by atoms with Crippen molar-refractivity contribution in [3.8, 4) is 0 Å². The molecule has 0 aromatic heterocycles. The zero-order valence-electron chi connectivity index (χ0n) is 68.4. The van der Waals surface area contributed by atoms with Gasteiger partial charge in [-0.2, -0.15) is 0 Å². The van der Waals surface area contributed by atoms with Crippen molar-refractivity contribution >= 4 is 134 Å². The van der Waals surface area contributed by atoms with Gasteiger partial charge >= 0.3 is 12.1 Å². The van der Waals surface area contributed by atoms with Crippen molar-refractivity contribution in [2.75, 3.05) is 208 Å². The molecule has 0 aliphatic carbocycles. The van der Waals surface area contributed by atoms with E-state index in [9.17, 15) is 77.0 Å². The Kier molecular flexibility index (Phi) is 56.8. The second-order valence-corrected chi connectivity index (χ2v) is 30.1. The third-order valence-electron chi connectivity index (χ3n) is 16.5. The second kappa shape index (κ2) is 66.4. The Balaban J connectivity index is 1.36. The topological polar surface area (TPSA) is 637 Å². The third-order valence-corrected chi connectivity index (χ3v) is 20.0. The molecule has 7 atom stereocenters. The van der Waals surface area contributed by atoms with Crippen LogP contribution in [0.25, 0.3) is 0 Å². The highest BCUT2D eigenvalue weighted by atomic mass is 33.1. The van der Waals surface area contributed by atoms with E-state index in [4.69, 9.17) is 69.3 Å². The molecule has 14 amide bonds. The second-order valence-electron chi connectivity index (χ2n) is 26.5.